The number of ether oxygens (including phenoxy) is 1. The lowest BCUT2D eigenvalue weighted by Crippen LogP contribution is -2.49. The second-order valence-corrected chi connectivity index (χ2v) is 9.35. The minimum absolute atomic E-state index is 0.200. The number of nitrogens with zero attached hydrogens (tertiary/aromatic N) is 3. The second kappa shape index (κ2) is 9.35. The van der Waals surface area contributed by atoms with E-state index >= 15 is 0 Å². The Balaban J connectivity index is 2.22. The standard InChI is InChI=1S/C21H30N4O3S/c1-13(2)11-16(24-20(27)28-21(4,5)6)18(26)25(7)19-14(3)23-17(29-19)15-9-8-10-22-12-15/h8-10,12-13,16H,11H2,1-7H3,(H,24,27). The number of hydrogen-bond donors (Lipinski definition) is 1. The number of aromatic nitrogens is 2. The van der Waals surface area contributed by atoms with Crippen LogP contribution in [-0.4, -0.2) is 40.7 Å². The molecule has 0 saturated heterocycles. The van der Waals surface area contributed by atoms with Crippen LogP contribution in [0.2, 0.25) is 0 Å². The molecule has 7 nitrogen and oxygen atoms in total. The van der Waals surface area contributed by atoms with Crippen LogP contribution in [-0.2, 0) is 9.53 Å². The molecule has 0 aliphatic carbocycles. The summed E-state index contributed by atoms with van der Waals surface area (Å²) in [6, 6.07) is 3.10. The highest BCUT2D eigenvalue weighted by molar-refractivity contribution is 7.19. The molecule has 0 aliphatic heterocycles. The Hall–Kier alpha value is -2.48. The Morgan fingerprint density at radius 2 is 2.00 bits per heavy atom. The average Bonchev–Trinajstić information content (AvgIpc) is 3.00. The molecule has 2 heterocycles. The van der Waals surface area contributed by atoms with Gasteiger partial charge in [0.05, 0.1) is 5.69 Å². The molecule has 158 valence electrons. The van der Waals surface area contributed by atoms with Gasteiger partial charge in [-0.1, -0.05) is 25.2 Å². The maximum atomic E-state index is 13.2. The molecule has 1 N–H and O–H groups in total. The first-order chi connectivity index (χ1) is 13.5. The van der Waals surface area contributed by atoms with Crippen molar-refractivity contribution in [1.29, 1.82) is 0 Å². The molecule has 29 heavy (non-hydrogen) atoms. The van der Waals surface area contributed by atoms with Crippen LogP contribution in [0.4, 0.5) is 9.80 Å². The van der Waals surface area contributed by atoms with Crippen molar-refractivity contribution in [1.82, 2.24) is 15.3 Å². The summed E-state index contributed by atoms with van der Waals surface area (Å²) >= 11 is 1.42. The van der Waals surface area contributed by atoms with E-state index in [9.17, 15) is 9.59 Å². The number of aryl methyl sites for hydroxylation is 1. The molecule has 0 aromatic carbocycles. The summed E-state index contributed by atoms with van der Waals surface area (Å²) in [5.41, 5.74) is 1.03. The molecule has 1 unspecified atom stereocenters. The van der Waals surface area contributed by atoms with Gasteiger partial charge in [-0.3, -0.25) is 9.78 Å². The number of likely N-dealkylation sites (N-methyl/N-ethyl adjacent to an activating group) is 1. The SMILES string of the molecule is Cc1nc(-c2cccnc2)sc1N(C)C(=O)C(CC(C)C)NC(=O)OC(C)(C)C. The number of carbonyl (C=O) groups is 2. The van der Waals surface area contributed by atoms with Gasteiger partial charge in [0.1, 0.15) is 21.7 Å². The van der Waals surface area contributed by atoms with Crippen LogP contribution in [0, 0.1) is 12.8 Å². The lowest BCUT2D eigenvalue weighted by atomic mass is 10.0. The predicted octanol–water partition coefficient (Wildman–Crippen LogP) is 4.42. The Morgan fingerprint density at radius 3 is 2.55 bits per heavy atom. The van der Waals surface area contributed by atoms with Gasteiger partial charge >= 0.3 is 6.09 Å². The van der Waals surface area contributed by atoms with Crippen molar-refractivity contribution in [2.75, 3.05) is 11.9 Å². The summed E-state index contributed by atoms with van der Waals surface area (Å²) in [5, 5.41) is 4.28. The van der Waals surface area contributed by atoms with Gasteiger partial charge in [-0.25, -0.2) is 9.78 Å². The summed E-state index contributed by atoms with van der Waals surface area (Å²) in [7, 11) is 1.71. The molecule has 0 bridgehead atoms. The monoisotopic (exact) mass is 418 g/mol. The summed E-state index contributed by atoms with van der Waals surface area (Å²) < 4.78 is 5.33. The van der Waals surface area contributed by atoms with E-state index in [1.54, 1.807) is 45.1 Å². The number of hydrogen-bond acceptors (Lipinski definition) is 6. The summed E-state index contributed by atoms with van der Waals surface area (Å²) in [6.45, 7) is 11.3. The highest BCUT2D eigenvalue weighted by atomic mass is 32.1. The van der Waals surface area contributed by atoms with E-state index in [0.717, 1.165) is 21.3 Å². The first kappa shape index (κ1) is 22.8. The quantitative estimate of drug-likeness (QED) is 0.751. The highest BCUT2D eigenvalue weighted by Crippen LogP contribution is 2.34. The maximum Gasteiger partial charge on any atom is 0.408 e. The smallest absolute Gasteiger partial charge is 0.408 e. The third kappa shape index (κ3) is 6.52. The van der Waals surface area contributed by atoms with Crippen molar-refractivity contribution in [3.8, 4) is 10.6 Å². The normalized spacial score (nSPS) is 12.6. The lowest BCUT2D eigenvalue weighted by Gasteiger charge is -2.27. The van der Waals surface area contributed by atoms with Crippen LogP contribution in [0.15, 0.2) is 24.5 Å². The Labute approximate surface area is 176 Å². The van der Waals surface area contributed by atoms with Gasteiger partial charge in [0, 0.05) is 25.0 Å². The molecule has 0 fully saturated rings. The van der Waals surface area contributed by atoms with Gasteiger partial charge in [-0.2, -0.15) is 0 Å². The number of thiazole rings is 1. The lowest BCUT2D eigenvalue weighted by molar-refractivity contribution is -0.120. The number of alkyl carbamates (subject to hydrolysis) is 1. The molecule has 0 radical (unpaired) electrons. The van der Waals surface area contributed by atoms with Gasteiger partial charge in [-0.15, -0.1) is 0 Å². The molecular formula is C21H30N4O3S. The third-order valence-corrected chi connectivity index (χ3v) is 5.29. The Kier molecular flexibility index (Phi) is 7.35. The van der Waals surface area contributed by atoms with Crippen LogP contribution in [0.5, 0.6) is 0 Å². The van der Waals surface area contributed by atoms with Gasteiger partial charge in [0.25, 0.3) is 0 Å². The summed E-state index contributed by atoms with van der Waals surface area (Å²) in [4.78, 5) is 35.7. The minimum atomic E-state index is -0.682. The molecule has 0 saturated carbocycles. The van der Waals surface area contributed by atoms with Crippen molar-refractivity contribution in [3.63, 3.8) is 0 Å². The van der Waals surface area contributed by atoms with E-state index in [2.05, 4.69) is 15.3 Å². The van der Waals surface area contributed by atoms with Crippen molar-refractivity contribution in [2.24, 2.45) is 5.92 Å². The maximum absolute atomic E-state index is 13.2. The zero-order valence-electron chi connectivity index (χ0n) is 18.1. The molecule has 2 rings (SSSR count). The fraction of sp³-hybridized carbons (Fsp3) is 0.524. The fourth-order valence-corrected chi connectivity index (χ4v) is 3.81. The Morgan fingerprint density at radius 1 is 1.31 bits per heavy atom. The van der Waals surface area contributed by atoms with Crippen LogP contribution in [0.3, 0.4) is 0 Å². The van der Waals surface area contributed by atoms with E-state index in [-0.39, 0.29) is 11.8 Å². The molecule has 0 spiro atoms. The van der Waals surface area contributed by atoms with E-state index in [1.165, 1.54) is 11.3 Å². The third-order valence-electron chi connectivity index (χ3n) is 4.01. The first-order valence-electron chi connectivity index (χ1n) is 9.63. The molecule has 2 aromatic heterocycles. The van der Waals surface area contributed by atoms with E-state index in [4.69, 9.17) is 4.74 Å². The van der Waals surface area contributed by atoms with Gasteiger partial charge in [-0.05, 0) is 52.2 Å². The minimum Gasteiger partial charge on any atom is -0.444 e. The molecule has 0 aliphatic rings. The Bertz CT molecular complexity index is 843. The summed E-state index contributed by atoms with van der Waals surface area (Å²) in [5.74, 6) is 0.0230. The molecule has 8 heteroatoms. The highest BCUT2D eigenvalue weighted by Gasteiger charge is 2.29. The van der Waals surface area contributed by atoms with Crippen molar-refractivity contribution < 1.29 is 14.3 Å². The van der Waals surface area contributed by atoms with Gasteiger partial charge in [0.15, 0.2) is 0 Å². The van der Waals surface area contributed by atoms with Crippen molar-refractivity contribution in [2.45, 2.75) is 59.6 Å². The first-order valence-corrected chi connectivity index (χ1v) is 10.4. The van der Waals surface area contributed by atoms with Crippen LogP contribution >= 0.6 is 11.3 Å². The average molecular weight is 419 g/mol. The van der Waals surface area contributed by atoms with Crippen LogP contribution in [0.25, 0.3) is 10.6 Å². The van der Waals surface area contributed by atoms with E-state index in [0.29, 0.717) is 6.42 Å². The van der Waals surface area contributed by atoms with Crippen LogP contribution < -0.4 is 10.2 Å². The largest absolute Gasteiger partial charge is 0.444 e. The van der Waals surface area contributed by atoms with Gasteiger partial charge < -0.3 is 15.0 Å². The van der Waals surface area contributed by atoms with E-state index in [1.807, 2.05) is 32.9 Å². The second-order valence-electron chi connectivity index (χ2n) is 8.38. The van der Waals surface area contributed by atoms with E-state index < -0.39 is 17.7 Å². The number of rotatable bonds is 6. The number of pyridine rings is 1. The zero-order valence-corrected chi connectivity index (χ0v) is 19.0. The zero-order chi connectivity index (χ0) is 21.8. The molecule has 1 atom stereocenters. The van der Waals surface area contributed by atoms with Crippen LogP contribution in [0.1, 0.15) is 46.7 Å². The molecule has 2 aromatic rings. The number of amides is 2. The number of carbonyl (C=O) groups excluding carboxylic acids is 2. The molecular weight excluding hydrogens is 388 g/mol. The number of anilines is 1. The summed E-state index contributed by atoms with van der Waals surface area (Å²) in [6.07, 6.45) is 3.37. The van der Waals surface area contributed by atoms with Gasteiger partial charge in [0.2, 0.25) is 5.91 Å². The number of nitrogens with one attached hydrogen (secondary N) is 1. The fourth-order valence-electron chi connectivity index (χ4n) is 2.79. The van der Waals surface area contributed by atoms with Crippen molar-refractivity contribution >= 4 is 28.3 Å². The topological polar surface area (TPSA) is 84.4 Å². The van der Waals surface area contributed by atoms with Crippen molar-refractivity contribution in [3.05, 3.63) is 30.2 Å². The molecule has 2 amide bonds. The predicted molar refractivity (Wildman–Crippen MR) is 116 cm³/mol.